The lowest BCUT2D eigenvalue weighted by atomic mass is 9.96. The van der Waals surface area contributed by atoms with Gasteiger partial charge in [-0.05, 0) is 66.2 Å². The first kappa shape index (κ1) is 19.8. The van der Waals surface area contributed by atoms with Gasteiger partial charge in [0.2, 0.25) is 0 Å². The molecule has 1 aromatic heterocycles. The second-order valence-electron chi connectivity index (χ2n) is 6.46. The zero-order valence-electron chi connectivity index (χ0n) is 15.3. The summed E-state index contributed by atoms with van der Waals surface area (Å²) in [5, 5.41) is 19.0. The summed E-state index contributed by atoms with van der Waals surface area (Å²) in [6, 6.07) is 7.23. The lowest BCUT2D eigenvalue weighted by molar-refractivity contribution is 0.195. The van der Waals surface area contributed by atoms with E-state index in [4.69, 9.17) is 15.2 Å². The highest BCUT2D eigenvalue weighted by molar-refractivity contribution is 9.10. The van der Waals surface area contributed by atoms with Crippen LogP contribution in [0.4, 0.5) is 5.82 Å². The first-order chi connectivity index (χ1) is 13.5. The minimum Gasteiger partial charge on any atom is -0.490 e. The molecule has 1 aromatic carbocycles. The van der Waals surface area contributed by atoms with Crippen LogP contribution in [0.25, 0.3) is 11.1 Å². The molecule has 0 saturated heterocycles. The van der Waals surface area contributed by atoms with Gasteiger partial charge in [-0.25, -0.2) is 0 Å². The minimum absolute atomic E-state index is 0.0370. The van der Waals surface area contributed by atoms with Gasteiger partial charge in [0.05, 0.1) is 17.2 Å². The molecule has 28 heavy (non-hydrogen) atoms. The zero-order valence-corrected chi connectivity index (χ0v) is 16.9. The van der Waals surface area contributed by atoms with Gasteiger partial charge in [-0.3, -0.25) is 4.79 Å². The van der Waals surface area contributed by atoms with Gasteiger partial charge in [-0.1, -0.05) is 0 Å². The van der Waals surface area contributed by atoms with Crippen LogP contribution in [0.2, 0.25) is 0 Å². The molecule has 1 saturated carbocycles. The van der Waals surface area contributed by atoms with Gasteiger partial charge in [0.25, 0.3) is 5.56 Å². The summed E-state index contributed by atoms with van der Waals surface area (Å²) in [5.74, 6) is 0.972. The third kappa shape index (κ3) is 3.69. The van der Waals surface area contributed by atoms with Crippen LogP contribution in [0.15, 0.2) is 21.4 Å². The smallest absolute Gasteiger partial charge is 0.268 e. The van der Waals surface area contributed by atoms with E-state index in [2.05, 4.69) is 20.9 Å². The Hall–Kier alpha value is -2.97. The quantitative estimate of drug-likeness (QED) is 0.723. The summed E-state index contributed by atoms with van der Waals surface area (Å²) >= 11 is 3.51. The molecule has 3 rings (SSSR count). The van der Waals surface area contributed by atoms with Crippen molar-refractivity contribution in [3.05, 3.63) is 38.1 Å². The normalized spacial score (nSPS) is 13.7. The Kier molecular flexibility index (Phi) is 5.91. The second-order valence-corrected chi connectivity index (χ2v) is 7.31. The molecule has 2 aromatic rings. The molecule has 0 aliphatic heterocycles. The van der Waals surface area contributed by atoms with Crippen LogP contribution in [0.5, 0.6) is 11.5 Å². The molecule has 8 heteroatoms. The van der Waals surface area contributed by atoms with E-state index in [-0.39, 0.29) is 28.6 Å². The van der Waals surface area contributed by atoms with E-state index < -0.39 is 5.56 Å². The Morgan fingerprint density at radius 1 is 1.25 bits per heavy atom. The molecule has 1 aliphatic rings. The van der Waals surface area contributed by atoms with Gasteiger partial charge in [0, 0.05) is 5.56 Å². The van der Waals surface area contributed by atoms with Crippen molar-refractivity contribution in [2.24, 2.45) is 0 Å². The van der Waals surface area contributed by atoms with Gasteiger partial charge in [0.1, 0.15) is 29.1 Å². The predicted octanol–water partition coefficient (Wildman–Crippen LogP) is 3.85. The van der Waals surface area contributed by atoms with Crippen LogP contribution in [-0.2, 0) is 0 Å². The number of benzene rings is 1. The molecule has 0 atom stereocenters. The molecule has 0 bridgehead atoms. The van der Waals surface area contributed by atoms with E-state index in [1.165, 1.54) is 0 Å². The van der Waals surface area contributed by atoms with Crippen molar-refractivity contribution < 1.29 is 9.47 Å². The number of hydrogen-bond donors (Lipinski definition) is 2. The Labute approximate surface area is 170 Å². The molecule has 0 radical (unpaired) electrons. The Morgan fingerprint density at radius 2 is 1.93 bits per heavy atom. The minimum atomic E-state index is -0.644. The highest BCUT2D eigenvalue weighted by atomic mass is 79.9. The first-order valence-electron chi connectivity index (χ1n) is 8.99. The third-order valence-electron chi connectivity index (χ3n) is 4.65. The van der Waals surface area contributed by atoms with Gasteiger partial charge in [0.15, 0.2) is 11.5 Å². The van der Waals surface area contributed by atoms with E-state index in [0.29, 0.717) is 28.1 Å². The van der Waals surface area contributed by atoms with E-state index in [9.17, 15) is 15.3 Å². The molecule has 3 N–H and O–H groups in total. The van der Waals surface area contributed by atoms with Crippen LogP contribution >= 0.6 is 15.9 Å². The van der Waals surface area contributed by atoms with Crippen LogP contribution in [0.1, 0.15) is 43.7 Å². The average molecular weight is 443 g/mol. The zero-order chi connectivity index (χ0) is 20.3. The van der Waals surface area contributed by atoms with Crippen molar-refractivity contribution in [2.45, 2.75) is 38.7 Å². The van der Waals surface area contributed by atoms with Gasteiger partial charge >= 0.3 is 0 Å². The van der Waals surface area contributed by atoms with Crippen molar-refractivity contribution in [1.29, 1.82) is 10.5 Å². The van der Waals surface area contributed by atoms with Gasteiger partial charge in [-0.2, -0.15) is 10.5 Å². The summed E-state index contributed by atoms with van der Waals surface area (Å²) in [4.78, 5) is 14.5. The van der Waals surface area contributed by atoms with E-state index in [1.54, 1.807) is 12.1 Å². The van der Waals surface area contributed by atoms with E-state index >= 15 is 0 Å². The first-order valence-corrected chi connectivity index (χ1v) is 9.78. The molecular weight excluding hydrogens is 424 g/mol. The van der Waals surface area contributed by atoms with E-state index in [0.717, 1.165) is 25.7 Å². The van der Waals surface area contributed by atoms with Crippen molar-refractivity contribution >= 4 is 21.7 Å². The highest BCUT2D eigenvalue weighted by Crippen LogP contribution is 2.43. The number of nitrogens with two attached hydrogens (primary N) is 1. The highest BCUT2D eigenvalue weighted by Gasteiger charge is 2.24. The number of H-pyrrole nitrogens is 1. The molecule has 7 nitrogen and oxygen atoms in total. The number of nitrogen functional groups attached to an aromatic ring is 1. The van der Waals surface area contributed by atoms with Crippen LogP contribution in [0.3, 0.4) is 0 Å². The van der Waals surface area contributed by atoms with Crippen molar-refractivity contribution in [3.8, 4) is 34.8 Å². The summed E-state index contributed by atoms with van der Waals surface area (Å²) in [6.07, 6.45) is 4.37. The fourth-order valence-electron chi connectivity index (χ4n) is 3.39. The monoisotopic (exact) mass is 442 g/mol. The molecule has 0 amide bonds. The van der Waals surface area contributed by atoms with Gasteiger partial charge < -0.3 is 20.2 Å². The Bertz CT molecular complexity index is 1040. The number of nitriles is 2. The number of aromatic amines is 1. The number of halogens is 1. The van der Waals surface area contributed by atoms with Crippen molar-refractivity contribution in [2.75, 3.05) is 12.3 Å². The summed E-state index contributed by atoms with van der Waals surface area (Å²) in [7, 11) is 0. The summed E-state index contributed by atoms with van der Waals surface area (Å²) < 4.78 is 12.5. The van der Waals surface area contributed by atoms with Crippen molar-refractivity contribution in [3.63, 3.8) is 0 Å². The lowest BCUT2D eigenvalue weighted by Gasteiger charge is -2.19. The Morgan fingerprint density at radius 3 is 2.54 bits per heavy atom. The number of pyridine rings is 1. The maximum absolute atomic E-state index is 12.2. The summed E-state index contributed by atoms with van der Waals surface area (Å²) in [6.45, 7) is 2.26. The van der Waals surface area contributed by atoms with E-state index in [1.807, 2.05) is 19.1 Å². The van der Waals surface area contributed by atoms with Gasteiger partial charge in [-0.15, -0.1) is 0 Å². The van der Waals surface area contributed by atoms with Crippen LogP contribution in [-0.4, -0.2) is 17.7 Å². The number of ether oxygens (including phenoxy) is 2. The molecule has 0 unspecified atom stereocenters. The maximum Gasteiger partial charge on any atom is 0.268 e. The number of hydrogen-bond acceptors (Lipinski definition) is 6. The molecule has 1 aliphatic carbocycles. The third-order valence-corrected chi connectivity index (χ3v) is 5.24. The molecule has 1 heterocycles. The molecule has 144 valence electrons. The van der Waals surface area contributed by atoms with Crippen LogP contribution < -0.4 is 20.8 Å². The number of rotatable bonds is 5. The van der Waals surface area contributed by atoms with Crippen LogP contribution in [0, 0.1) is 22.7 Å². The van der Waals surface area contributed by atoms with Crippen molar-refractivity contribution in [1.82, 2.24) is 4.98 Å². The molecular formula is C20H19BrN4O3. The number of aromatic nitrogens is 1. The number of nitrogens with one attached hydrogen (secondary N) is 1. The number of anilines is 1. The topological polar surface area (TPSA) is 125 Å². The molecule has 0 spiro atoms. The Balaban J connectivity index is 2.20. The summed E-state index contributed by atoms with van der Waals surface area (Å²) in [5.41, 5.74) is 5.68. The standard InChI is InChI=1S/C20H19BrN4O3/c1-2-27-16-8-11(7-15(21)18(16)28-12-5-3-4-6-12)17-13(9-22)19(24)25-20(26)14(17)10-23/h7-8,12H,2-6H2,1H3,(H3,24,25,26). The fourth-order valence-corrected chi connectivity index (χ4v) is 3.93. The largest absolute Gasteiger partial charge is 0.490 e. The fraction of sp³-hybridized carbons (Fsp3) is 0.350. The lowest BCUT2D eigenvalue weighted by Crippen LogP contribution is -2.16. The second kappa shape index (κ2) is 8.37. The average Bonchev–Trinajstić information content (AvgIpc) is 3.17. The molecule has 1 fully saturated rings. The number of nitrogens with zero attached hydrogens (tertiary/aromatic N) is 2. The SMILES string of the molecule is CCOc1cc(-c2c(C#N)c(N)[nH]c(=O)c2C#N)cc(Br)c1OC1CCCC1. The predicted molar refractivity (Wildman–Crippen MR) is 108 cm³/mol. The maximum atomic E-state index is 12.2.